The summed E-state index contributed by atoms with van der Waals surface area (Å²) in [6, 6.07) is 0. The van der Waals surface area contributed by atoms with Crippen LogP contribution in [0.2, 0.25) is 0 Å². The smallest absolute Gasteiger partial charge is 0.303 e. The van der Waals surface area contributed by atoms with E-state index < -0.39 is 16.1 Å². The zero-order valence-corrected chi connectivity index (χ0v) is 6.55. The van der Waals surface area contributed by atoms with Crippen LogP contribution in [-0.4, -0.2) is 30.3 Å². The average molecular weight is 170 g/mol. The molecule has 0 amide bonds. The van der Waals surface area contributed by atoms with Crippen molar-refractivity contribution in [3.63, 3.8) is 0 Å². The molecule has 0 unspecified atom stereocenters. The van der Waals surface area contributed by atoms with Crippen molar-refractivity contribution in [1.82, 2.24) is 0 Å². The molecule has 0 fully saturated rings. The topological polar surface area (TPSA) is 91.7 Å². The Kier molecular flexibility index (Phi) is 6.27. The Balaban J connectivity index is 0. The Bertz CT molecular complexity index is 172. The Hall–Kier alpha value is -0.620. The van der Waals surface area contributed by atoms with Gasteiger partial charge in [-0.1, -0.05) is 6.92 Å². The summed E-state index contributed by atoms with van der Waals surface area (Å²) in [6.45, 7) is 1.60. The summed E-state index contributed by atoms with van der Waals surface area (Å²) < 4.78 is 25.9. The van der Waals surface area contributed by atoms with Gasteiger partial charge in [0.2, 0.25) is 0 Å². The maximum Gasteiger partial charge on any atom is 0.303 e. The highest BCUT2D eigenvalue weighted by Crippen LogP contribution is 1.67. The van der Waals surface area contributed by atoms with Gasteiger partial charge >= 0.3 is 5.97 Å². The molecule has 0 aromatic rings. The van der Waals surface area contributed by atoms with E-state index in [9.17, 15) is 13.2 Å². The van der Waals surface area contributed by atoms with Gasteiger partial charge in [-0.2, -0.15) is 8.42 Å². The Labute approximate surface area is 59.4 Å². The van der Waals surface area contributed by atoms with Crippen LogP contribution in [0.1, 0.15) is 13.3 Å². The van der Waals surface area contributed by atoms with Crippen LogP contribution in [-0.2, 0) is 14.9 Å². The van der Waals surface area contributed by atoms with Crippen molar-refractivity contribution in [2.75, 3.05) is 6.26 Å². The molecule has 0 saturated carbocycles. The lowest BCUT2D eigenvalue weighted by Crippen LogP contribution is -1.88. The standard InChI is InChI=1S/C3H6O2.CH4O3S/c1-2-3(4)5;1-5(2,3)4/h2H2,1H3,(H,4,5);1H3,(H,2,3,4). The number of rotatable bonds is 1. The van der Waals surface area contributed by atoms with Crippen molar-refractivity contribution in [2.24, 2.45) is 0 Å². The fourth-order valence-corrected chi connectivity index (χ4v) is 0. The molecule has 10 heavy (non-hydrogen) atoms. The fourth-order valence-electron chi connectivity index (χ4n) is 0. The number of carbonyl (C=O) groups is 1. The molecule has 0 aliphatic rings. The minimum atomic E-state index is -3.67. The Morgan fingerprint density at radius 3 is 1.60 bits per heavy atom. The van der Waals surface area contributed by atoms with Gasteiger partial charge < -0.3 is 5.11 Å². The van der Waals surface area contributed by atoms with Crippen molar-refractivity contribution in [3.05, 3.63) is 0 Å². The summed E-state index contributed by atoms with van der Waals surface area (Å²) in [5.74, 6) is -0.745. The van der Waals surface area contributed by atoms with Gasteiger partial charge in [-0.05, 0) is 0 Å². The quantitative estimate of drug-likeness (QED) is 0.540. The van der Waals surface area contributed by atoms with E-state index >= 15 is 0 Å². The SMILES string of the molecule is CCC(=O)O.CS(=O)(=O)O. The highest BCUT2D eigenvalue weighted by molar-refractivity contribution is 7.85. The molecule has 62 valence electrons. The highest BCUT2D eigenvalue weighted by Gasteiger charge is 1.81. The van der Waals surface area contributed by atoms with Crippen LogP contribution in [0.4, 0.5) is 0 Å². The third-order valence-electron chi connectivity index (χ3n) is 0.302. The van der Waals surface area contributed by atoms with Gasteiger partial charge in [0.05, 0.1) is 6.26 Å². The lowest BCUT2D eigenvalue weighted by Gasteiger charge is -1.71. The molecular formula is C4H10O5S. The number of hydrogen-bond acceptors (Lipinski definition) is 3. The molecule has 0 saturated heterocycles. The van der Waals surface area contributed by atoms with Gasteiger partial charge in [0.1, 0.15) is 0 Å². The first-order chi connectivity index (χ1) is 4.27. The predicted molar refractivity (Wildman–Crippen MR) is 35.4 cm³/mol. The van der Waals surface area contributed by atoms with E-state index in [0.717, 1.165) is 0 Å². The van der Waals surface area contributed by atoms with Crippen molar-refractivity contribution < 1.29 is 22.9 Å². The monoisotopic (exact) mass is 170 g/mol. The zero-order valence-electron chi connectivity index (χ0n) is 5.73. The summed E-state index contributed by atoms with van der Waals surface area (Å²) >= 11 is 0. The van der Waals surface area contributed by atoms with Gasteiger partial charge in [0, 0.05) is 6.42 Å². The van der Waals surface area contributed by atoms with Crippen LogP contribution < -0.4 is 0 Å². The second kappa shape index (κ2) is 5.19. The molecule has 0 radical (unpaired) electrons. The van der Waals surface area contributed by atoms with E-state index in [1.54, 1.807) is 6.92 Å². The van der Waals surface area contributed by atoms with Crippen LogP contribution in [0.25, 0.3) is 0 Å². The molecule has 0 bridgehead atoms. The number of hydrogen-bond donors (Lipinski definition) is 2. The Morgan fingerprint density at radius 2 is 1.60 bits per heavy atom. The maximum atomic E-state index is 9.37. The molecule has 0 rings (SSSR count). The van der Waals surface area contributed by atoms with Gasteiger partial charge in [0.15, 0.2) is 0 Å². The summed E-state index contributed by atoms with van der Waals surface area (Å²) in [4.78, 5) is 9.37. The van der Waals surface area contributed by atoms with Crippen molar-refractivity contribution in [3.8, 4) is 0 Å². The van der Waals surface area contributed by atoms with E-state index in [4.69, 9.17) is 9.66 Å². The third kappa shape index (κ3) is 158. The largest absolute Gasteiger partial charge is 0.481 e. The second-order valence-corrected chi connectivity index (χ2v) is 2.95. The molecule has 0 atom stereocenters. The van der Waals surface area contributed by atoms with E-state index in [-0.39, 0.29) is 6.42 Å². The molecule has 0 heterocycles. The minimum Gasteiger partial charge on any atom is -0.481 e. The molecule has 0 aromatic heterocycles. The first-order valence-electron chi connectivity index (χ1n) is 2.41. The lowest BCUT2D eigenvalue weighted by atomic mass is 10.5. The molecule has 5 nitrogen and oxygen atoms in total. The highest BCUT2D eigenvalue weighted by atomic mass is 32.2. The van der Waals surface area contributed by atoms with Crippen molar-refractivity contribution in [1.29, 1.82) is 0 Å². The minimum absolute atomic E-state index is 0.222. The first kappa shape index (κ1) is 12.1. The van der Waals surface area contributed by atoms with E-state index in [0.29, 0.717) is 6.26 Å². The van der Waals surface area contributed by atoms with Crippen LogP contribution in [0.5, 0.6) is 0 Å². The molecule has 6 heteroatoms. The van der Waals surface area contributed by atoms with Crippen LogP contribution >= 0.6 is 0 Å². The molecular weight excluding hydrogens is 160 g/mol. The van der Waals surface area contributed by atoms with Gasteiger partial charge in [0.25, 0.3) is 10.1 Å². The fraction of sp³-hybridized carbons (Fsp3) is 0.750. The number of carboxylic acids is 1. The second-order valence-electron chi connectivity index (χ2n) is 1.48. The molecule has 2 N–H and O–H groups in total. The lowest BCUT2D eigenvalue weighted by molar-refractivity contribution is -0.136. The van der Waals surface area contributed by atoms with Gasteiger partial charge in [-0.3, -0.25) is 9.35 Å². The molecule has 0 aliphatic heterocycles. The Morgan fingerprint density at radius 1 is 1.50 bits per heavy atom. The summed E-state index contributed by atoms with van der Waals surface area (Å²) in [6.07, 6.45) is 0.937. The van der Waals surface area contributed by atoms with Crippen LogP contribution in [0, 0.1) is 0 Å². The van der Waals surface area contributed by atoms with E-state index in [1.165, 1.54) is 0 Å². The van der Waals surface area contributed by atoms with Crippen LogP contribution in [0.3, 0.4) is 0 Å². The average Bonchev–Trinajstić information content (AvgIpc) is 1.61. The third-order valence-corrected chi connectivity index (χ3v) is 0.302. The predicted octanol–water partition coefficient (Wildman–Crippen LogP) is -0.0150. The van der Waals surface area contributed by atoms with E-state index in [1.807, 2.05) is 0 Å². The summed E-state index contributed by atoms with van der Waals surface area (Å²) in [5.41, 5.74) is 0. The summed E-state index contributed by atoms with van der Waals surface area (Å²) in [5, 5.41) is 7.72. The molecule has 0 spiro atoms. The van der Waals surface area contributed by atoms with Crippen molar-refractivity contribution in [2.45, 2.75) is 13.3 Å². The number of carboxylic acid groups (broad SMARTS) is 1. The zero-order chi connectivity index (χ0) is 8.78. The molecule has 0 aliphatic carbocycles. The van der Waals surface area contributed by atoms with E-state index in [2.05, 4.69) is 0 Å². The summed E-state index contributed by atoms with van der Waals surface area (Å²) in [7, 11) is -3.67. The maximum absolute atomic E-state index is 9.37. The van der Waals surface area contributed by atoms with Gasteiger partial charge in [-0.15, -0.1) is 0 Å². The first-order valence-corrected chi connectivity index (χ1v) is 4.26. The van der Waals surface area contributed by atoms with Gasteiger partial charge in [-0.25, -0.2) is 0 Å². The molecule has 0 aromatic carbocycles. The van der Waals surface area contributed by atoms with Crippen LogP contribution in [0.15, 0.2) is 0 Å². The van der Waals surface area contributed by atoms with Crippen molar-refractivity contribution >= 4 is 16.1 Å². The normalized spacial score (nSPS) is 9.50. The number of aliphatic carboxylic acids is 1.